The molecule has 120 valence electrons. The Balaban J connectivity index is 1.74. The minimum Gasteiger partial charge on any atom is -0.491 e. The van der Waals surface area contributed by atoms with Gasteiger partial charge in [-0.05, 0) is 36.1 Å². The van der Waals surface area contributed by atoms with Gasteiger partial charge in [0.25, 0.3) is 5.91 Å². The molecule has 0 bridgehead atoms. The van der Waals surface area contributed by atoms with E-state index in [4.69, 9.17) is 4.74 Å². The van der Waals surface area contributed by atoms with Crippen molar-refractivity contribution in [3.63, 3.8) is 0 Å². The molecule has 1 aliphatic rings. The highest BCUT2D eigenvalue weighted by Gasteiger charge is 2.12. The van der Waals surface area contributed by atoms with Crippen LogP contribution >= 0.6 is 0 Å². The quantitative estimate of drug-likeness (QED) is 0.786. The fraction of sp³-hybridized carbons (Fsp3) is 0.316. The highest BCUT2D eigenvalue weighted by Crippen LogP contribution is 2.18. The standard InChI is InChI=1S/C19H22N2O2/c22-19-17-9-3-4-10-18(17)23-13-12-20-14-16-7-2-1-6-15(16)8-5-11-21-19/h1-4,6-7,9-10,20H,5,8,11-14H2,(H,21,22). The molecule has 4 heteroatoms. The molecule has 2 aromatic carbocycles. The molecule has 23 heavy (non-hydrogen) atoms. The molecule has 0 unspecified atom stereocenters. The third kappa shape index (κ3) is 4.11. The number of para-hydroxylation sites is 1. The Hall–Kier alpha value is -2.33. The summed E-state index contributed by atoms with van der Waals surface area (Å²) in [5.41, 5.74) is 3.26. The first-order valence-corrected chi connectivity index (χ1v) is 8.12. The number of ether oxygens (including phenoxy) is 1. The second-order valence-corrected chi connectivity index (χ2v) is 5.65. The number of amides is 1. The highest BCUT2D eigenvalue weighted by atomic mass is 16.5. The Bertz CT molecular complexity index is 670. The summed E-state index contributed by atoms with van der Waals surface area (Å²) in [5, 5.41) is 6.40. The van der Waals surface area contributed by atoms with E-state index in [1.807, 2.05) is 18.2 Å². The molecule has 0 atom stereocenters. The van der Waals surface area contributed by atoms with Gasteiger partial charge in [0.1, 0.15) is 12.4 Å². The molecule has 1 amide bonds. The molecule has 3 rings (SSSR count). The molecule has 2 aromatic rings. The van der Waals surface area contributed by atoms with Gasteiger partial charge in [0, 0.05) is 19.6 Å². The van der Waals surface area contributed by atoms with Crippen LogP contribution in [0.1, 0.15) is 27.9 Å². The summed E-state index contributed by atoms with van der Waals surface area (Å²) in [6.07, 6.45) is 1.89. The lowest BCUT2D eigenvalue weighted by molar-refractivity contribution is 0.0949. The van der Waals surface area contributed by atoms with Gasteiger partial charge in [-0.1, -0.05) is 36.4 Å². The topological polar surface area (TPSA) is 50.4 Å². The molecule has 0 saturated heterocycles. The first-order chi connectivity index (χ1) is 11.3. The van der Waals surface area contributed by atoms with Crippen LogP contribution in [0.2, 0.25) is 0 Å². The maximum atomic E-state index is 12.3. The molecule has 0 radical (unpaired) electrons. The molecule has 1 aliphatic heterocycles. The Morgan fingerprint density at radius 1 is 0.913 bits per heavy atom. The van der Waals surface area contributed by atoms with Gasteiger partial charge in [-0.15, -0.1) is 0 Å². The second-order valence-electron chi connectivity index (χ2n) is 5.65. The molecule has 0 saturated carbocycles. The molecule has 0 aliphatic carbocycles. The monoisotopic (exact) mass is 310 g/mol. The van der Waals surface area contributed by atoms with Crippen LogP contribution in [0, 0.1) is 0 Å². The maximum absolute atomic E-state index is 12.3. The van der Waals surface area contributed by atoms with Gasteiger partial charge in [-0.3, -0.25) is 4.79 Å². The molecular formula is C19H22N2O2. The number of carbonyl (C=O) groups excluding carboxylic acids is 1. The summed E-state index contributed by atoms with van der Waals surface area (Å²) in [4.78, 5) is 12.3. The summed E-state index contributed by atoms with van der Waals surface area (Å²) < 4.78 is 5.77. The van der Waals surface area contributed by atoms with Crippen LogP contribution in [0.25, 0.3) is 0 Å². The van der Waals surface area contributed by atoms with Gasteiger partial charge in [-0.25, -0.2) is 0 Å². The lowest BCUT2D eigenvalue weighted by Crippen LogP contribution is -2.27. The van der Waals surface area contributed by atoms with Crippen LogP contribution in [0.15, 0.2) is 48.5 Å². The lowest BCUT2D eigenvalue weighted by atomic mass is 10.0. The number of hydrogen-bond donors (Lipinski definition) is 2. The molecule has 0 aromatic heterocycles. The van der Waals surface area contributed by atoms with Gasteiger partial charge in [0.2, 0.25) is 0 Å². The fourth-order valence-corrected chi connectivity index (χ4v) is 2.79. The molecule has 4 nitrogen and oxygen atoms in total. The minimum atomic E-state index is -0.0705. The smallest absolute Gasteiger partial charge is 0.255 e. The predicted octanol–water partition coefficient (Wildman–Crippen LogP) is 2.53. The van der Waals surface area contributed by atoms with Crippen molar-refractivity contribution in [2.75, 3.05) is 19.7 Å². The van der Waals surface area contributed by atoms with E-state index in [-0.39, 0.29) is 5.91 Å². The van der Waals surface area contributed by atoms with Crippen molar-refractivity contribution in [2.45, 2.75) is 19.4 Å². The van der Waals surface area contributed by atoms with Crippen molar-refractivity contribution in [1.29, 1.82) is 0 Å². The van der Waals surface area contributed by atoms with Crippen molar-refractivity contribution in [3.05, 3.63) is 65.2 Å². The molecule has 1 heterocycles. The third-order valence-corrected chi connectivity index (χ3v) is 4.01. The Morgan fingerprint density at radius 3 is 2.61 bits per heavy atom. The molecular weight excluding hydrogens is 288 g/mol. The van der Waals surface area contributed by atoms with Crippen LogP contribution in [0.5, 0.6) is 5.75 Å². The number of hydrogen-bond acceptors (Lipinski definition) is 3. The number of rotatable bonds is 0. The van der Waals surface area contributed by atoms with Crippen molar-refractivity contribution >= 4 is 5.91 Å². The summed E-state index contributed by atoms with van der Waals surface area (Å²) in [6, 6.07) is 15.9. The van der Waals surface area contributed by atoms with Crippen molar-refractivity contribution in [3.8, 4) is 5.75 Å². The van der Waals surface area contributed by atoms with Gasteiger partial charge in [0.15, 0.2) is 0 Å². The number of fused-ring (bicyclic) bond motifs is 2. The molecule has 2 N–H and O–H groups in total. The number of nitrogens with one attached hydrogen (secondary N) is 2. The molecule has 0 spiro atoms. The van der Waals surface area contributed by atoms with Crippen molar-refractivity contribution in [1.82, 2.24) is 10.6 Å². The normalized spacial score (nSPS) is 16.3. The largest absolute Gasteiger partial charge is 0.491 e. The first-order valence-electron chi connectivity index (χ1n) is 8.12. The fourth-order valence-electron chi connectivity index (χ4n) is 2.79. The summed E-state index contributed by atoms with van der Waals surface area (Å²) in [6.45, 7) is 2.78. The second kappa shape index (κ2) is 7.79. The zero-order valence-corrected chi connectivity index (χ0v) is 13.2. The number of aryl methyl sites for hydroxylation is 1. The Morgan fingerprint density at radius 2 is 1.70 bits per heavy atom. The van der Waals surface area contributed by atoms with Crippen molar-refractivity contribution in [2.24, 2.45) is 0 Å². The predicted molar refractivity (Wildman–Crippen MR) is 90.7 cm³/mol. The van der Waals surface area contributed by atoms with E-state index in [9.17, 15) is 4.79 Å². The van der Waals surface area contributed by atoms with Gasteiger partial charge in [-0.2, -0.15) is 0 Å². The van der Waals surface area contributed by atoms with Gasteiger partial charge in [0.05, 0.1) is 5.56 Å². The number of carbonyl (C=O) groups is 1. The highest BCUT2D eigenvalue weighted by molar-refractivity contribution is 5.96. The Labute approximate surface area is 136 Å². The van der Waals surface area contributed by atoms with Crippen LogP contribution in [-0.4, -0.2) is 25.6 Å². The van der Waals surface area contributed by atoms with E-state index in [1.54, 1.807) is 6.07 Å². The average molecular weight is 310 g/mol. The van der Waals surface area contributed by atoms with E-state index in [0.29, 0.717) is 24.5 Å². The maximum Gasteiger partial charge on any atom is 0.255 e. The minimum absolute atomic E-state index is 0.0705. The Kier molecular flexibility index (Phi) is 5.27. The zero-order chi connectivity index (χ0) is 15.9. The van der Waals surface area contributed by atoms with Crippen molar-refractivity contribution < 1.29 is 9.53 Å². The lowest BCUT2D eigenvalue weighted by Gasteiger charge is -2.15. The third-order valence-electron chi connectivity index (χ3n) is 4.01. The van der Waals surface area contributed by atoms with E-state index < -0.39 is 0 Å². The van der Waals surface area contributed by atoms with E-state index >= 15 is 0 Å². The number of benzene rings is 2. The van der Waals surface area contributed by atoms with Gasteiger partial charge >= 0.3 is 0 Å². The summed E-state index contributed by atoms with van der Waals surface area (Å²) in [5.74, 6) is 0.572. The van der Waals surface area contributed by atoms with E-state index in [2.05, 4.69) is 34.9 Å². The SMILES string of the molecule is O=C1NCCCc2ccccc2CNCCOc2ccccc21. The van der Waals surface area contributed by atoms with Crippen LogP contribution in [0.3, 0.4) is 0 Å². The summed E-state index contributed by atoms with van der Waals surface area (Å²) in [7, 11) is 0. The summed E-state index contributed by atoms with van der Waals surface area (Å²) >= 11 is 0. The zero-order valence-electron chi connectivity index (χ0n) is 13.2. The first kappa shape index (κ1) is 15.6. The van der Waals surface area contributed by atoms with Crippen LogP contribution in [0.4, 0.5) is 0 Å². The van der Waals surface area contributed by atoms with Crippen LogP contribution in [-0.2, 0) is 13.0 Å². The average Bonchev–Trinajstić information content (AvgIpc) is 2.59. The van der Waals surface area contributed by atoms with Crippen LogP contribution < -0.4 is 15.4 Å². The van der Waals surface area contributed by atoms with E-state index in [1.165, 1.54) is 11.1 Å². The van der Waals surface area contributed by atoms with Gasteiger partial charge < -0.3 is 15.4 Å². The molecule has 0 fully saturated rings. The van der Waals surface area contributed by atoms with E-state index in [0.717, 1.165) is 25.9 Å².